The van der Waals surface area contributed by atoms with Crippen LogP contribution in [0.2, 0.25) is 0 Å². The van der Waals surface area contributed by atoms with Crippen molar-refractivity contribution in [2.45, 2.75) is 26.9 Å². The van der Waals surface area contributed by atoms with E-state index in [2.05, 4.69) is 20.8 Å². The van der Waals surface area contributed by atoms with Gasteiger partial charge in [0.2, 0.25) is 23.4 Å². The first-order chi connectivity index (χ1) is 19.6. The zero-order valence-electron chi connectivity index (χ0n) is 23.3. The van der Waals surface area contributed by atoms with E-state index >= 15 is 8.78 Å². The number of likely N-dealkylation sites (N-methyl/N-ethyl adjacent to an activating group) is 2. The lowest BCUT2D eigenvalue weighted by molar-refractivity contribution is -0.145. The number of methoxy groups -OCH3 is 1. The second kappa shape index (κ2) is 13.0. The minimum Gasteiger partial charge on any atom is -0.493 e. The summed E-state index contributed by atoms with van der Waals surface area (Å²) in [6.45, 7) is 4.68. The first-order valence-corrected chi connectivity index (χ1v) is 13.0. The van der Waals surface area contributed by atoms with E-state index in [1.165, 1.54) is 44.3 Å². The molecule has 41 heavy (non-hydrogen) atoms. The predicted molar refractivity (Wildman–Crippen MR) is 143 cm³/mol. The van der Waals surface area contributed by atoms with Gasteiger partial charge in [-0.1, -0.05) is 18.1 Å². The van der Waals surface area contributed by atoms with E-state index in [1.807, 2.05) is 6.92 Å². The van der Waals surface area contributed by atoms with E-state index in [-0.39, 0.29) is 35.3 Å². The number of aryl methyl sites for hydroxylation is 1. The van der Waals surface area contributed by atoms with Gasteiger partial charge in [-0.05, 0) is 35.9 Å². The summed E-state index contributed by atoms with van der Waals surface area (Å²) < 4.78 is 54.6. The van der Waals surface area contributed by atoms with Crippen LogP contribution in [-0.2, 0) is 22.7 Å². The van der Waals surface area contributed by atoms with E-state index in [0.717, 1.165) is 16.0 Å². The van der Waals surface area contributed by atoms with Gasteiger partial charge < -0.3 is 24.8 Å². The Kier molecular flexibility index (Phi) is 9.45. The van der Waals surface area contributed by atoms with Crippen LogP contribution in [0.5, 0.6) is 5.75 Å². The van der Waals surface area contributed by atoms with Crippen LogP contribution >= 0.6 is 0 Å². The van der Waals surface area contributed by atoms with Crippen LogP contribution in [0.1, 0.15) is 23.9 Å². The fraction of sp³-hybridized carbons (Fsp3) is 0.407. The molecule has 2 heterocycles. The minimum absolute atomic E-state index is 0.0198. The van der Waals surface area contributed by atoms with Gasteiger partial charge in [0.1, 0.15) is 5.82 Å². The Labute approximate surface area is 235 Å². The first kappa shape index (κ1) is 29.8. The number of anilines is 1. The van der Waals surface area contributed by atoms with Crippen LogP contribution in [0.3, 0.4) is 0 Å². The van der Waals surface area contributed by atoms with Crippen LogP contribution in [0.4, 0.5) is 18.9 Å². The van der Waals surface area contributed by atoms with Crippen molar-refractivity contribution in [3.8, 4) is 17.1 Å². The molecule has 3 aromatic rings. The molecule has 0 aliphatic carbocycles. The molecule has 0 saturated carbocycles. The quantitative estimate of drug-likeness (QED) is 0.314. The average Bonchev–Trinajstić information content (AvgIpc) is 3.57. The zero-order chi connectivity index (χ0) is 29.7. The topological polar surface area (TPSA) is 116 Å². The van der Waals surface area contributed by atoms with Crippen molar-refractivity contribution in [1.82, 2.24) is 30.8 Å². The summed E-state index contributed by atoms with van der Waals surface area (Å²) >= 11 is 0. The third-order valence-electron chi connectivity index (χ3n) is 6.65. The van der Waals surface area contributed by atoms with Gasteiger partial charge in [0.05, 0.1) is 31.5 Å². The molecule has 1 aliphatic heterocycles. The molecule has 0 bridgehead atoms. The maximum Gasteiger partial charge on any atom is 0.256 e. The summed E-state index contributed by atoms with van der Waals surface area (Å²) in [4.78, 5) is 31.5. The van der Waals surface area contributed by atoms with Gasteiger partial charge in [0.25, 0.3) is 5.91 Å². The number of amides is 2. The van der Waals surface area contributed by atoms with E-state index < -0.39 is 42.3 Å². The Morgan fingerprint density at radius 2 is 1.85 bits per heavy atom. The summed E-state index contributed by atoms with van der Waals surface area (Å²) in [6.07, 6.45) is 0. The standard InChI is InChI=1S/C27H32F3N7O4/c1-5-31-8-9-32-22(38)14-36(15-23(39)35(3)37-12-17-6-7-19(28)10-18(17)13-37)21-11-20(27-33-16(2)41-34-27)26(40-4)25(30)24(21)29/h6-7,10-11,31H,5,8-9,12-15H2,1-4H3,(H,32,38). The van der Waals surface area contributed by atoms with Crippen molar-refractivity contribution >= 4 is 17.5 Å². The lowest BCUT2D eigenvalue weighted by Gasteiger charge is -2.31. The molecule has 0 atom stereocenters. The van der Waals surface area contributed by atoms with Crippen molar-refractivity contribution in [2.24, 2.45) is 0 Å². The second-order valence-electron chi connectivity index (χ2n) is 9.45. The van der Waals surface area contributed by atoms with E-state index in [4.69, 9.17) is 9.26 Å². The molecule has 0 unspecified atom stereocenters. The Morgan fingerprint density at radius 3 is 2.54 bits per heavy atom. The molecule has 0 saturated heterocycles. The third-order valence-corrected chi connectivity index (χ3v) is 6.65. The molecule has 2 aromatic carbocycles. The van der Waals surface area contributed by atoms with E-state index in [0.29, 0.717) is 26.2 Å². The highest BCUT2D eigenvalue weighted by Gasteiger charge is 2.30. The van der Waals surface area contributed by atoms with Gasteiger partial charge in [-0.15, -0.1) is 0 Å². The van der Waals surface area contributed by atoms with Crippen molar-refractivity contribution in [2.75, 3.05) is 51.8 Å². The molecule has 1 aliphatic rings. The van der Waals surface area contributed by atoms with Gasteiger partial charge in [0.15, 0.2) is 11.6 Å². The number of hydrogen-bond donors (Lipinski definition) is 2. The smallest absolute Gasteiger partial charge is 0.256 e. The third kappa shape index (κ3) is 6.77. The van der Waals surface area contributed by atoms with Crippen LogP contribution in [0.25, 0.3) is 11.4 Å². The molecule has 2 amide bonds. The molecule has 220 valence electrons. The number of halogens is 3. The molecular formula is C27H32F3N7O4. The second-order valence-corrected chi connectivity index (χ2v) is 9.45. The number of aromatic nitrogens is 2. The van der Waals surface area contributed by atoms with Crippen LogP contribution < -0.4 is 20.3 Å². The normalized spacial score (nSPS) is 12.8. The summed E-state index contributed by atoms with van der Waals surface area (Å²) in [5.74, 6) is -4.36. The fourth-order valence-corrected chi connectivity index (χ4v) is 4.50. The molecular weight excluding hydrogens is 543 g/mol. The first-order valence-electron chi connectivity index (χ1n) is 13.0. The SMILES string of the molecule is CCNCCNC(=O)CN(CC(=O)N(C)N1Cc2ccc(F)cc2C1)c1cc(-c2noc(C)n2)c(OC)c(F)c1F. The van der Waals surface area contributed by atoms with Gasteiger partial charge in [0, 0.05) is 40.2 Å². The number of nitrogens with one attached hydrogen (secondary N) is 2. The fourth-order valence-electron chi connectivity index (χ4n) is 4.50. The Balaban J connectivity index is 1.63. The number of fused-ring (bicyclic) bond motifs is 1. The lowest BCUT2D eigenvalue weighted by Crippen LogP contribution is -2.48. The number of ether oxygens (including phenoxy) is 1. The number of benzene rings is 2. The lowest BCUT2D eigenvalue weighted by atomic mass is 10.1. The van der Waals surface area contributed by atoms with Gasteiger partial charge in [-0.3, -0.25) is 14.6 Å². The number of carbonyl (C=O) groups is 2. The van der Waals surface area contributed by atoms with Crippen LogP contribution in [-0.4, -0.2) is 78.9 Å². The van der Waals surface area contributed by atoms with Gasteiger partial charge >= 0.3 is 0 Å². The monoisotopic (exact) mass is 575 g/mol. The molecule has 0 radical (unpaired) electrons. The molecule has 0 spiro atoms. The summed E-state index contributed by atoms with van der Waals surface area (Å²) in [7, 11) is 2.69. The average molecular weight is 576 g/mol. The van der Waals surface area contributed by atoms with Crippen molar-refractivity contribution in [3.05, 3.63) is 58.7 Å². The Morgan fingerprint density at radius 1 is 1.10 bits per heavy atom. The minimum atomic E-state index is -1.34. The maximum atomic E-state index is 15.5. The van der Waals surface area contributed by atoms with Crippen molar-refractivity contribution in [3.63, 3.8) is 0 Å². The highest BCUT2D eigenvalue weighted by atomic mass is 19.2. The largest absolute Gasteiger partial charge is 0.493 e. The maximum absolute atomic E-state index is 15.5. The number of hydrazine groups is 1. The predicted octanol–water partition coefficient (Wildman–Crippen LogP) is 2.39. The summed E-state index contributed by atoms with van der Waals surface area (Å²) in [5.41, 5.74) is 1.22. The molecule has 4 rings (SSSR count). The summed E-state index contributed by atoms with van der Waals surface area (Å²) in [6, 6.07) is 5.64. The van der Waals surface area contributed by atoms with E-state index in [1.54, 1.807) is 11.1 Å². The molecule has 14 heteroatoms. The van der Waals surface area contributed by atoms with E-state index in [9.17, 15) is 14.0 Å². The van der Waals surface area contributed by atoms with Crippen molar-refractivity contribution in [1.29, 1.82) is 0 Å². The van der Waals surface area contributed by atoms with Gasteiger partial charge in [-0.25, -0.2) is 13.8 Å². The Bertz CT molecular complexity index is 1420. The number of hydrogen-bond acceptors (Lipinski definition) is 9. The number of carbonyl (C=O) groups excluding carboxylic acids is 2. The molecule has 11 nitrogen and oxygen atoms in total. The Hall–Kier alpha value is -4.17. The number of nitrogens with zero attached hydrogens (tertiary/aromatic N) is 5. The highest BCUT2D eigenvalue weighted by Crippen LogP contribution is 2.38. The number of rotatable bonds is 12. The highest BCUT2D eigenvalue weighted by molar-refractivity contribution is 5.87. The molecule has 1 aromatic heterocycles. The van der Waals surface area contributed by atoms with Crippen molar-refractivity contribution < 1.29 is 32.0 Å². The van der Waals surface area contributed by atoms with Crippen LogP contribution in [0.15, 0.2) is 28.8 Å². The van der Waals surface area contributed by atoms with Gasteiger partial charge in [-0.2, -0.15) is 9.37 Å². The zero-order valence-corrected chi connectivity index (χ0v) is 23.3. The van der Waals surface area contributed by atoms with Crippen LogP contribution in [0, 0.1) is 24.4 Å². The molecule has 2 N–H and O–H groups in total. The molecule has 0 fully saturated rings. The summed E-state index contributed by atoms with van der Waals surface area (Å²) in [5, 5.41) is 12.6.